The largest absolute Gasteiger partial charge is 0.382 e. The third-order valence-corrected chi connectivity index (χ3v) is 2.79. The summed E-state index contributed by atoms with van der Waals surface area (Å²) in [6.07, 6.45) is 3.51. The minimum Gasteiger partial charge on any atom is -0.382 e. The van der Waals surface area contributed by atoms with Gasteiger partial charge in [0.05, 0.1) is 0 Å². The maximum Gasteiger partial charge on any atom is 0.150 e. The third kappa shape index (κ3) is 1.84. The normalized spacial score (nSPS) is 11.1. The van der Waals surface area contributed by atoms with E-state index in [4.69, 9.17) is 11.6 Å². The van der Waals surface area contributed by atoms with E-state index in [1.807, 2.05) is 26.8 Å². The van der Waals surface area contributed by atoms with Gasteiger partial charge in [-0.2, -0.15) is 0 Å². The zero-order valence-electron chi connectivity index (χ0n) is 10.3. The number of hydrogen-bond acceptors (Lipinski definition) is 4. The number of pyridine rings is 1. The van der Waals surface area contributed by atoms with Crippen LogP contribution in [0.3, 0.4) is 0 Å². The lowest BCUT2D eigenvalue weighted by molar-refractivity contribution is 0.739. The van der Waals surface area contributed by atoms with Gasteiger partial charge in [-0.05, 0) is 18.6 Å². The third-order valence-electron chi connectivity index (χ3n) is 2.79. The van der Waals surface area contributed by atoms with Gasteiger partial charge in [0.2, 0.25) is 0 Å². The molecule has 0 unspecified atom stereocenters. The quantitative estimate of drug-likeness (QED) is 0.770. The van der Waals surface area contributed by atoms with Gasteiger partial charge >= 0.3 is 0 Å². The first-order valence-electron chi connectivity index (χ1n) is 5.56. The van der Waals surface area contributed by atoms with E-state index in [9.17, 15) is 0 Å². The van der Waals surface area contributed by atoms with Gasteiger partial charge in [-0.1, -0.05) is 13.8 Å². The minimum atomic E-state index is 0.230. The summed E-state index contributed by atoms with van der Waals surface area (Å²) in [5.41, 5.74) is 8.71. The Kier molecular flexibility index (Phi) is 2.75. The lowest BCUT2D eigenvalue weighted by Gasteiger charge is -2.04. The Hall–Kier alpha value is -2.04. The molecule has 0 spiro atoms. The summed E-state index contributed by atoms with van der Waals surface area (Å²) >= 11 is 0. The molecule has 0 amide bonds. The average Bonchev–Trinajstić information content (AvgIpc) is 2.57. The Labute approximate surface area is 100 Å². The zero-order chi connectivity index (χ0) is 12.6. The molecule has 90 valence electrons. The van der Waals surface area contributed by atoms with Gasteiger partial charge in [0, 0.05) is 23.9 Å². The van der Waals surface area contributed by atoms with Crippen molar-refractivity contribution in [3.63, 3.8) is 0 Å². The fourth-order valence-electron chi connectivity index (χ4n) is 1.78. The second-order valence-corrected chi connectivity index (χ2v) is 4.42. The Bertz CT molecular complexity index is 542. The highest BCUT2D eigenvalue weighted by molar-refractivity contribution is 5.73. The molecule has 2 rings (SSSR count). The number of nitrogens with zero attached hydrogens (tertiary/aromatic N) is 3. The molecule has 0 fully saturated rings. The van der Waals surface area contributed by atoms with Crippen LogP contribution >= 0.6 is 0 Å². The fraction of sp³-hybridized carbons (Fsp3) is 0.333. The van der Waals surface area contributed by atoms with Crippen LogP contribution in [0.1, 0.15) is 31.2 Å². The highest BCUT2D eigenvalue weighted by Gasteiger charge is 2.17. The first kappa shape index (κ1) is 11.4. The van der Waals surface area contributed by atoms with Crippen LogP contribution in [-0.2, 0) is 0 Å². The van der Waals surface area contributed by atoms with Gasteiger partial charge in [0.1, 0.15) is 11.5 Å². The van der Waals surface area contributed by atoms with Crippen molar-refractivity contribution in [2.24, 2.45) is 0 Å². The van der Waals surface area contributed by atoms with Crippen molar-refractivity contribution in [2.45, 2.75) is 26.7 Å². The van der Waals surface area contributed by atoms with Gasteiger partial charge in [-0.25, -0.2) is 9.66 Å². The summed E-state index contributed by atoms with van der Waals surface area (Å²) in [7, 11) is 0. The molecule has 2 heterocycles. The van der Waals surface area contributed by atoms with E-state index in [0.717, 1.165) is 17.0 Å². The zero-order valence-corrected chi connectivity index (χ0v) is 10.3. The first-order chi connectivity index (χ1) is 8.02. The van der Waals surface area contributed by atoms with Crippen molar-refractivity contribution in [2.75, 3.05) is 11.6 Å². The number of nitrogen functional groups attached to an aromatic ring is 2. The molecule has 0 bridgehead atoms. The van der Waals surface area contributed by atoms with Crippen LogP contribution in [0.5, 0.6) is 0 Å². The van der Waals surface area contributed by atoms with Crippen LogP contribution in [0.2, 0.25) is 0 Å². The fourth-order valence-corrected chi connectivity index (χ4v) is 1.78. The van der Waals surface area contributed by atoms with Gasteiger partial charge in [0.25, 0.3) is 0 Å². The van der Waals surface area contributed by atoms with Crippen molar-refractivity contribution in [1.82, 2.24) is 14.6 Å². The molecule has 2 aromatic rings. The molecule has 2 aromatic heterocycles. The molecular weight excluding hydrogens is 214 g/mol. The maximum absolute atomic E-state index is 5.99. The number of rotatable bonds is 2. The van der Waals surface area contributed by atoms with Crippen LogP contribution in [0.25, 0.3) is 11.3 Å². The lowest BCUT2D eigenvalue weighted by atomic mass is 10.1. The van der Waals surface area contributed by atoms with E-state index in [1.54, 1.807) is 12.4 Å². The van der Waals surface area contributed by atoms with E-state index in [-0.39, 0.29) is 5.92 Å². The van der Waals surface area contributed by atoms with Crippen LogP contribution in [0, 0.1) is 6.92 Å². The molecule has 0 saturated carbocycles. The second kappa shape index (κ2) is 4.08. The van der Waals surface area contributed by atoms with Gasteiger partial charge < -0.3 is 11.6 Å². The highest BCUT2D eigenvalue weighted by Crippen LogP contribution is 2.29. The summed E-state index contributed by atoms with van der Waals surface area (Å²) in [4.78, 5) is 8.61. The Morgan fingerprint density at radius 2 is 2.06 bits per heavy atom. The van der Waals surface area contributed by atoms with Crippen molar-refractivity contribution >= 4 is 5.82 Å². The van der Waals surface area contributed by atoms with Crippen molar-refractivity contribution in [3.05, 3.63) is 29.8 Å². The Morgan fingerprint density at radius 3 is 2.59 bits per heavy atom. The summed E-state index contributed by atoms with van der Waals surface area (Å²) in [5.74, 6) is 7.39. The molecule has 0 aliphatic heterocycles. The van der Waals surface area contributed by atoms with Gasteiger partial charge in [-0.3, -0.25) is 4.98 Å². The van der Waals surface area contributed by atoms with Crippen LogP contribution < -0.4 is 11.6 Å². The molecular formula is C12H17N5. The molecule has 17 heavy (non-hydrogen) atoms. The number of anilines is 1. The second-order valence-electron chi connectivity index (χ2n) is 4.42. The summed E-state index contributed by atoms with van der Waals surface area (Å²) in [6.45, 7) is 6.07. The van der Waals surface area contributed by atoms with E-state index >= 15 is 0 Å². The van der Waals surface area contributed by atoms with Crippen molar-refractivity contribution in [3.8, 4) is 11.3 Å². The summed E-state index contributed by atoms with van der Waals surface area (Å²) < 4.78 is 1.45. The molecule has 0 aromatic carbocycles. The Morgan fingerprint density at radius 1 is 1.35 bits per heavy atom. The molecule has 4 N–H and O–H groups in total. The highest BCUT2D eigenvalue weighted by atomic mass is 15.4. The number of imidazole rings is 1. The number of aromatic nitrogens is 3. The molecule has 5 nitrogen and oxygen atoms in total. The van der Waals surface area contributed by atoms with E-state index in [1.165, 1.54) is 4.68 Å². The summed E-state index contributed by atoms with van der Waals surface area (Å²) in [5, 5.41) is 0. The van der Waals surface area contributed by atoms with E-state index < -0.39 is 0 Å². The Balaban J connectivity index is 2.61. The van der Waals surface area contributed by atoms with E-state index in [0.29, 0.717) is 11.5 Å². The minimum absolute atomic E-state index is 0.230. The number of hydrogen-bond donors (Lipinski definition) is 2. The lowest BCUT2D eigenvalue weighted by Crippen LogP contribution is -2.16. The monoisotopic (exact) mass is 231 g/mol. The number of nitrogens with two attached hydrogens (primary N) is 2. The topological polar surface area (TPSA) is 82.8 Å². The smallest absolute Gasteiger partial charge is 0.150 e. The molecule has 5 heteroatoms. The van der Waals surface area contributed by atoms with Crippen LogP contribution in [0.4, 0.5) is 5.82 Å². The molecule has 0 radical (unpaired) electrons. The predicted molar refractivity (Wildman–Crippen MR) is 68.8 cm³/mol. The molecule has 0 saturated heterocycles. The molecule has 0 atom stereocenters. The SMILES string of the molecule is Cc1ccncc1-c1nc(C(C)C)n(N)c1N. The van der Waals surface area contributed by atoms with Crippen molar-refractivity contribution in [1.29, 1.82) is 0 Å². The first-order valence-corrected chi connectivity index (χ1v) is 5.56. The van der Waals surface area contributed by atoms with Gasteiger partial charge in [0.15, 0.2) is 5.82 Å². The average molecular weight is 231 g/mol. The van der Waals surface area contributed by atoms with Crippen LogP contribution in [0.15, 0.2) is 18.5 Å². The summed E-state index contributed by atoms with van der Waals surface area (Å²) in [6, 6.07) is 1.93. The van der Waals surface area contributed by atoms with E-state index in [2.05, 4.69) is 9.97 Å². The maximum atomic E-state index is 5.99. The van der Waals surface area contributed by atoms with Crippen molar-refractivity contribution < 1.29 is 0 Å². The molecule has 0 aliphatic rings. The standard InChI is InChI=1S/C12H17N5/c1-7(2)12-16-10(11(13)17(12)14)9-6-15-5-4-8(9)3/h4-7H,13-14H2,1-3H3. The molecule has 0 aliphatic carbocycles. The predicted octanol–water partition coefficient (Wildman–Crippen LogP) is 1.67. The van der Waals surface area contributed by atoms with Gasteiger partial charge in [-0.15, -0.1) is 0 Å². The van der Waals surface area contributed by atoms with Crippen LogP contribution in [-0.4, -0.2) is 14.6 Å². The number of aryl methyl sites for hydroxylation is 1.